The van der Waals surface area contributed by atoms with Gasteiger partial charge in [0.1, 0.15) is 0 Å². The van der Waals surface area contributed by atoms with Gasteiger partial charge >= 0.3 is 0 Å². The predicted molar refractivity (Wildman–Crippen MR) is 59.0 cm³/mol. The summed E-state index contributed by atoms with van der Waals surface area (Å²) in [5.74, 6) is 0.404. The van der Waals surface area contributed by atoms with Gasteiger partial charge in [0.05, 0.1) is 16.9 Å². The van der Waals surface area contributed by atoms with Gasteiger partial charge in [-0.1, -0.05) is 11.3 Å². The highest BCUT2D eigenvalue weighted by Gasteiger charge is 2.11. The summed E-state index contributed by atoms with van der Waals surface area (Å²) in [7, 11) is 5.18. The van der Waals surface area contributed by atoms with Crippen molar-refractivity contribution in [2.45, 2.75) is 0 Å². The van der Waals surface area contributed by atoms with E-state index >= 15 is 0 Å². The van der Waals surface area contributed by atoms with Crippen LogP contribution in [-0.2, 0) is 0 Å². The first-order valence-electron chi connectivity index (χ1n) is 4.08. The van der Waals surface area contributed by atoms with Gasteiger partial charge in [0.2, 0.25) is 12.1 Å². The fraction of sp³-hybridized carbons (Fsp3) is 0.375. The predicted octanol–water partition coefficient (Wildman–Crippen LogP) is 1.47. The van der Waals surface area contributed by atoms with Crippen LogP contribution < -0.4 is 9.64 Å². The lowest BCUT2D eigenvalue weighted by molar-refractivity contribution is -0.400. The van der Waals surface area contributed by atoms with Gasteiger partial charge in [-0.2, -0.15) is 4.98 Å². The smallest absolute Gasteiger partial charge is 0.236 e. The molecule has 0 aliphatic rings. The molecule has 0 aliphatic carbocycles. The van der Waals surface area contributed by atoms with Crippen LogP contribution in [0.15, 0.2) is 6.20 Å². The third-order valence-corrected chi connectivity index (χ3v) is 2.70. The largest absolute Gasteiger partial charge is 0.480 e. The molecule has 1 aromatic rings. The van der Waals surface area contributed by atoms with Crippen LogP contribution in [0.2, 0.25) is 0 Å². The highest BCUT2D eigenvalue weighted by Crippen LogP contribution is 2.31. The summed E-state index contributed by atoms with van der Waals surface area (Å²) in [6.45, 7) is 0. The van der Waals surface area contributed by atoms with Crippen molar-refractivity contribution in [3.05, 3.63) is 21.2 Å². The van der Waals surface area contributed by atoms with Gasteiger partial charge in [-0.05, 0) is 0 Å². The molecule has 1 rings (SSSR count). The molecule has 0 atom stereocenters. The van der Waals surface area contributed by atoms with Crippen LogP contribution in [0, 0.1) is 10.1 Å². The van der Waals surface area contributed by atoms with Crippen molar-refractivity contribution >= 4 is 22.5 Å². The second-order valence-electron chi connectivity index (χ2n) is 2.87. The molecule has 15 heavy (non-hydrogen) atoms. The minimum Gasteiger partial charge on any atom is -0.480 e. The molecule has 0 N–H and O–H groups in total. The number of nitro groups is 1. The van der Waals surface area contributed by atoms with Crippen molar-refractivity contribution in [2.24, 2.45) is 0 Å². The molecule has 0 saturated heterocycles. The molecular formula is C8H11N3O3S. The van der Waals surface area contributed by atoms with Crippen LogP contribution in [0.4, 0.5) is 5.13 Å². The molecular weight excluding hydrogens is 218 g/mol. The minimum absolute atomic E-state index is 0.404. The Kier molecular flexibility index (Phi) is 3.62. The topological polar surface area (TPSA) is 68.5 Å². The van der Waals surface area contributed by atoms with Crippen molar-refractivity contribution < 1.29 is 9.66 Å². The van der Waals surface area contributed by atoms with Crippen LogP contribution >= 0.6 is 11.3 Å². The molecule has 1 heterocycles. The summed E-state index contributed by atoms with van der Waals surface area (Å²) in [4.78, 5) is 16.3. The van der Waals surface area contributed by atoms with Crippen molar-refractivity contribution in [1.29, 1.82) is 0 Å². The molecule has 0 aromatic carbocycles. The van der Waals surface area contributed by atoms with Crippen LogP contribution in [0.3, 0.4) is 0 Å². The fourth-order valence-corrected chi connectivity index (χ4v) is 1.73. The zero-order chi connectivity index (χ0) is 11.4. The van der Waals surface area contributed by atoms with Gasteiger partial charge < -0.3 is 9.64 Å². The molecule has 7 heteroatoms. The monoisotopic (exact) mass is 229 g/mol. The Hall–Kier alpha value is -1.63. The summed E-state index contributed by atoms with van der Waals surface area (Å²) >= 11 is 1.33. The first-order valence-corrected chi connectivity index (χ1v) is 4.90. The number of rotatable bonds is 4. The Labute approximate surface area is 91.0 Å². The summed E-state index contributed by atoms with van der Waals surface area (Å²) in [5.41, 5.74) is 0. The van der Waals surface area contributed by atoms with Crippen LogP contribution in [-0.4, -0.2) is 31.1 Å². The van der Waals surface area contributed by atoms with Gasteiger partial charge in [-0.15, -0.1) is 0 Å². The van der Waals surface area contributed by atoms with Gasteiger partial charge in [0, 0.05) is 20.2 Å². The van der Waals surface area contributed by atoms with E-state index in [1.807, 2.05) is 19.0 Å². The molecule has 6 nitrogen and oxygen atoms in total. The Bertz CT molecular complexity index is 386. The van der Waals surface area contributed by atoms with Crippen LogP contribution in [0.1, 0.15) is 4.88 Å². The van der Waals surface area contributed by atoms with Gasteiger partial charge in [0.15, 0.2) is 5.13 Å². The quantitative estimate of drug-likeness (QED) is 0.577. The van der Waals surface area contributed by atoms with Crippen LogP contribution in [0.5, 0.6) is 5.88 Å². The average Bonchev–Trinajstić information content (AvgIpc) is 2.57. The SMILES string of the molecule is COc1nc(N(C)C)sc1C=C[N+](=O)[O-]. The van der Waals surface area contributed by atoms with Gasteiger partial charge in [0.25, 0.3) is 0 Å². The van der Waals surface area contributed by atoms with Crippen LogP contribution in [0.25, 0.3) is 6.08 Å². The summed E-state index contributed by atoms with van der Waals surface area (Å²) in [6, 6.07) is 0. The number of hydrogen-bond donors (Lipinski definition) is 0. The molecule has 0 radical (unpaired) electrons. The van der Waals surface area contributed by atoms with E-state index in [0.717, 1.165) is 11.3 Å². The molecule has 0 unspecified atom stereocenters. The second kappa shape index (κ2) is 4.74. The van der Waals surface area contributed by atoms with Crippen molar-refractivity contribution in [1.82, 2.24) is 4.98 Å². The number of nitrogens with zero attached hydrogens (tertiary/aromatic N) is 3. The van der Waals surface area contributed by atoms with Crippen molar-refractivity contribution in [2.75, 3.05) is 26.1 Å². The Morgan fingerprint density at radius 2 is 2.27 bits per heavy atom. The molecule has 0 aliphatic heterocycles. The summed E-state index contributed by atoms with van der Waals surface area (Å²) in [5, 5.41) is 10.9. The summed E-state index contributed by atoms with van der Waals surface area (Å²) < 4.78 is 5.01. The first-order chi connectivity index (χ1) is 7.04. The van der Waals surface area contributed by atoms with Crippen molar-refractivity contribution in [3.63, 3.8) is 0 Å². The van der Waals surface area contributed by atoms with E-state index in [4.69, 9.17) is 4.74 Å². The fourth-order valence-electron chi connectivity index (χ4n) is 0.878. The van der Waals surface area contributed by atoms with E-state index in [9.17, 15) is 10.1 Å². The molecule has 0 spiro atoms. The number of anilines is 1. The Morgan fingerprint density at radius 3 is 2.73 bits per heavy atom. The standard InChI is InChI=1S/C8H11N3O3S/c1-10(2)8-9-7(14-3)6(15-8)4-5-11(12)13/h4-5H,1-3H3. The number of hydrogen-bond acceptors (Lipinski definition) is 6. The third-order valence-electron chi connectivity index (χ3n) is 1.53. The highest BCUT2D eigenvalue weighted by molar-refractivity contribution is 7.16. The normalized spacial score (nSPS) is 10.6. The third kappa shape index (κ3) is 2.91. The number of methoxy groups -OCH3 is 1. The number of ether oxygens (including phenoxy) is 1. The van der Waals surface area contributed by atoms with E-state index in [-0.39, 0.29) is 0 Å². The Balaban J connectivity index is 3.00. The zero-order valence-electron chi connectivity index (χ0n) is 8.63. The molecule has 0 fully saturated rings. The van der Waals surface area contributed by atoms with Gasteiger partial charge in [-0.25, -0.2) is 0 Å². The van der Waals surface area contributed by atoms with Gasteiger partial charge in [-0.3, -0.25) is 10.1 Å². The van der Waals surface area contributed by atoms with E-state index in [1.165, 1.54) is 24.5 Å². The number of thiazole rings is 1. The van der Waals surface area contributed by atoms with Crippen molar-refractivity contribution in [3.8, 4) is 5.88 Å². The molecule has 0 amide bonds. The molecule has 82 valence electrons. The maximum absolute atomic E-state index is 10.2. The highest BCUT2D eigenvalue weighted by atomic mass is 32.1. The maximum Gasteiger partial charge on any atom is 0.236 e. The summed E-state index contributed by atoms with van der Waals surface area (Å²) in [6.07, 6.45) is 2.25. The molecule has 0 bridgehead atoms. The van der Waals surface area contributed by atoms with E-state index < -0.39 is 4.92 Å². The number of aromatic nitrogens is 1. The second-order valence-corrected chi connectivity index (χ2v) is 3.87. The van der Waals surface area contributed by atoms with E-state index in [2.05, 4.69) is 4.98 Å². The lowest BCUT2D eigenvalue weighted by atomic mass is 10.5. The molecule has 1 aromatic heterocycles. The molecule has 0 saturated carbocycles. The zero-order valence-corrected chi connectivity index (χ0v) is 9.45. The minimum atomic E-state index is -0.519. The lowest BCUT2D eigenvalue weighted by Gasteiger charge is -2.04. The Morgan fingerprint density at radius 1 is 1.60 bits per heavy atom. The maximum atomic E-state index is 10.2. The lowest BCUT2D eigenvalue weighted by Crippen LogP contribution is -2.07. The van der Waals surface area contributed by atoms with E-state index in [1.54, 1.807) is 0 Å². The average molecular weight is 229 g/mol. The van der Waals surface area contributed by atoms with E-state index in [0.29, 0.717) is 10.8 Å². The first kappa shape index (κ1) is 11.4.